The SMILES string of the molecule is CC.CSc1cc(C2CCC2)ccc1Nc1cc(Cl)nc2[nH]n(C)c(=O)c12. The van der Waals surface area contributed by atoms with Crippen molar-refractivity contribution in [3.05, 3.63) is 45.3 Å². The van der Waals surface area contributed by atoms with Gasteiger partial charge < -0.3 is 5.32 Å². The first kappa shape index (κ1) is 19.8. The van der Waals surface area contributed by atoms with Crippen LogP contribution < -0.4 is 10.9 Å². The molecule has 4 rings (SSSR count). The maximum absolute atomic E-state index is 12.4. The molecule has 0 atom stereocenters. The molecule has 0 unspecified atom stereocenters. The largest absolute Gasteiger partial charge is 0.354 e. The summed E-state index contributed by atoms with van der Waals surface area (Å²) in [7, 11) is 1.67. The lowest BCUT2D eigenvalue weighted by Gasteiger charge is -2.26. The maximum Gasteiger partial charge on any atom is 0.277 e. The molecular formula is C20H25ClN4OS. The van der Waals surface area contributed by atoms with Gasteiger partial charge in [-0.25, -0.2) is 4.98 Å². The molecule has 1 aliphatic carbocycles. The number of anilines is 2. The van der Waals surface area contributed by atoms with E-state index in [4.69, 9.17) is 11.6 Å². The molecular weight excluding hydrogens is 380 g/mol. The maximum atomic E-state index is 12.4. The molecule has 3 aromatic rings. The van der Waals surface area contributed by atoms with E-state index in [0.29, 0.717) is 27.8 Å². The minimum absolute atomic E-state index is 0.126. The molecule has 0 amide bonds. The highest BCUT2D eigenvalue weighted by molar-refractivity contribution is 7.98. The number of nitrogens with zero attached hydrogens (tertiary/aromatic N) is 2. The summed E-state index contributed by atoms with van der Waals surface area (Å²) in [6.07, 6.45) is 5.94. The van der Waals surface area contributed by atoms with E-state index < -0.39 is 0 Å². The Labute approximate surface area is 168 Å². The van der Waals surface area contributed by atoms with Crippen LogP contribution in [-0.4, -0.2) is 21.0 Å². The molecule has 27 heavy (non-hydrogen) atoms. The zero-order chi connectivity index (χ0) is 19.6. The van der Waals surface area contributed by atoms with Gasteiger partial charge in [-0.2, -0.15) is 0 Å². The number of fused-ring (bicyclic) bond motifs is 1. The van der Waals surface area contributed by atoms with E-state index >= 15 is 0 Å². The first-order chi connectivity index (χ1) is 13.1. The standard InChI is InChI=1S/C18H19ClN4OS.C2H6/c1-23-18(24)16-13(9-15(19)21-17(16)22-23)20-12-7-6-11(8-14(12)25-2)10-4-3-5-10;1-2/h6-10H,3-5H2,1-2H3,(H2,20,21,22);1-2H3. The third-order valence-corrected chi connectivity index (χ3v) is 5.82. The molecule has 0 saturated heterocycles. The van der Waals surface area contributed by atoms with E-state index in [9.17, 15) is 4.79 Å². The molecule has 0 spiro atoms. The quantitative estimate of drug-likeness (QED) is 0.434. The van der Waals surface area contributed by atoms with Gasteiger partial charge >= 0.3 is 0 Å². The second-order valence-corrected chi connectivity index (χ2v) is 7.64. The van der Waals surface area contributed by atoms with Crippen molar-refractivity contribution in [2.45, 2.75) is 43.9 Å². The van der Waals surface area contributed by atoms with Crippen LogP contribution in [0.1, 0.15) is 44.6 Å². The smallest absolute Gasteiger partial charge is 0.277 e. The van der Waals surface area contributed by atoms with Crippen LogP contribution in [0.5, 0.6) is 0 Å². The number of thioether (sulfide) groups is 1. The summed E-state index contributed by atoms with van der Waals surface area (Å²) in [5.41, 5.74) is 3.40. The van der Waals surface area contributed by atoms with Crippen LogP contribution in [0.25, 0.3) is 11.0 Å². The molecule has 1 saturated carbocycles. The van der Waals surface area contributed by atoms with E-state index in [1.165, 1.54) is 29.5 Å². The number of H-pyrrole nitrogens is 1. The molecule has 1 fully saturated rings. The Hall–Kier alpha value is -1.92. The number of halogens is 1. The molecule has 144 valence electrons. The molecule has 0 radical (unpaired) electrons. The van der Waals surface area contributed by atoms with Crippen LogP contribution in [0.15, 0.2) is 34.0 Å². The van der Waals surface area contributed by atoms with Crippen molar-refractivity contribution in [1.82, 2.24) is 14.8 Å². The summed E-state index contributed by atoms with van der Waals surface area (Å²) in [5.74, 6) is 0.694. The average molecular weight is 405 g/mol. The van der Waals surface area contributed by atoms with Gasteiger partial charge in [-0.1, -0.05) is 37.9 Å². The first-order valence-corrected chi connectivity index (χ1v) is 10.9. The number of aryl methyl sites for hydroxylation is 1. The third kappa shape index (κ3) is 3.87. The van der Waals surface area contributed by atoms with Crippen molar-refractivity contribution < 1.29 is 0 Å². The minimum Gasteiger partial charge on any atom is -0.354 e. The van der Waals surface area contributed by atoms with E-state index in [1.54, 1.807) is 24.9 Å². The number of rotatable bonds is 4. The Morgan fingerprint density at radius 3 is 2.63 bits per heavy atom. The van der Waals surface area contributed by atoms with Gasteiger partial charge in [-0.15, -0.1) is 11.8 Å². The highest BCUT2D eigenvalue weighted by Crippen LogP contribution is 2.40. The third-order valence-electron chi connectivity index (χ3n) is 4.85. The van der Waals surface area contributed by atoms with Crippen LogP contribution in [-0.2, 0) is 7.05 Å². The summed E-state index contributed by atoms with van der Waals surface area (Å²) in [6.45, 7) is 4.00. The molecule has 2 N–H and O–H groups in total. The van der Waals surface area contributed by atoms with Crippen LogP contribution in [0, 0.1) is 0 Å². The van der Waals surface area contributed by atoms with Gasteiger partial charge in [0.2, 0.25) is 0 Å². The zero-order valence-corrected chi connectivity index (χ0v) is 17.7. The van der Waals surface area contributed by atoms with Gasteiger partial charge in [0.25, 0.3) is 5.56 Å². The fraction of sp³-hybridized carbons (Fsp3) is 0.400. The van der Waals surface area contributed by atoms with Crippen LogP contribution in [0.3, 0.4) is 0 Å². The lowest BCUT2D eigenvalue weighted by Crippen LogP contribution is -2.12. The van der Waals surface area contributed by atoms with Crippen molar-refractivity contribution in [1.29, 1.82) is 0 Å². The van der Waals surface area contributed by atoms with E-state index in [0.717, 1.165) is 10.6 Å². The minimum atomic E-state index is -0.126. The molecule has 5 nitrogen and oxygen atoms in total. The van der Waals surface area contributed by atoms with Crippen LogP contribution in [0.2, 0.25) is 5.15 Å². The van der Waals surface area contributed by atoms with Gasteiger partial charge in [-0.3, -0.25) is 14.6 Å². The van der Waals surface area contributed by atoms with E-state index in [1.807, 2.05) is 13.8 Å². The average Bonchev–Trinajstić information content (AvgIpc) is 2.90. The highest BCUT2D eigenvalue weighted by atomic mass is 35.5. The summed E-state index contributed by atoms with van der Waals surface area (Å²) >= 11 is 7.83. The van der Waals surface area contributed by atoms with Crippen molar-refractivity contribution in [2.24, 2.45) is 7.05 Å². The Morgan fingerprint density at radius 1 is 1.26 bits per heavy atom. The summed E-state index contributed by atoms with van der Waals surface area (Å²) in [6, 6.07) is 8.23. The Bertz CT molecular complexity index is 1010. The predicted molar refractivity (Wildman–Crippen MR) is 116 cm³/mol. The summed E-state index contributed by atoms with van der Waals surface area (Å²) in [5, 5.41) is 7.17. The van der Waals surface area contributed by atoms with Gasteiger partial charge in [0.15, 0.2) is 5.65 Å². The van der Waals surface area contributed by atoms with Gasteiger partial charge in [0.05, 0.1) is 11.4 Å². The normalized spacial score (nSPS) is 13.8. The van der Waals surface area contributed by atoms with Crippen LogP contribution in [0.4, 0.5) is 11.4 Å². The highest BCUT2D eigenvalue weighted by Gasteiger charge is 2.20. The number of aromatic amines is 1. The van der Waals surface area contributed by atoms with Crippen molar-refractivity contribution in [3.8, 4) is 0 Å². The molecule has 0 bridgehead atoms. The monoisotopic (exact) mass is 404 g/mol. The Balaban J connectivity index is 0.00000102. The molecule has 2 heterocycles. The molecule has 1 aromatic carbocycles. The first-order valence-electron chi connectivity index (χ1n) is 9.27. The Morgan fingerprint density at radius 2 is 2.00 bits per heavy atom. The second kappa shape index (κ2) is 8.40. The predicted octanol–water partition coefficient (Wildman–Crippen LogP) is 5.67. The summed E-state index contributed by atoms with van der Waals surface area (Å²) in [4.78, 5) is 17.8. The Kier molecular flexibility index (Phi) is 6.17. The number of benzene rings is 1. The number of nitrogens with one attached hydrogen (secondary N) is 2. The van der Waals surface area contributed by atoms with E-state index in [2.05, 4.69) is 39.9 Å². The fourth-order valence-corrected chi connectivity index (χ4v) is 4.03. The molecule has 2 aromatic heterocycles. The van der Waals surface area contributed by atoms with Crippen molar-refractivity contribution in [2.75, 3.05) is 11.6 Å². The van der Waals surface area contributed by atoms with Gasteiger partial charge in [0, 0.05) is 11.9 Å². The molecule has 1 aliphatic rings. The van der Waals surface area contributed by atoms with Crippen molar-refractivity contribution in [3.63, 3.8) is 0 Å². The lowest BCUT2D eigenvalue weighted by molar-refractivity contribution is 0.419. The number of hydrogen-bond acceptors (Lipinski definition) is 4. The van der Waals surface area contributed by atoms with Crippen molar-refractivity contribution >= 4 is 45.8 Å². The molecule has 7 heteroatoms. The lowest BCUT2D eigenvalue weighted by atomic mass is 9.80. The van der Waals surface area contributed by atoms with Gasteiger partial charge in [-0.05, 0) is 48.8 Å². The number of hydrogen-bond donors (Lipinski definition) is 2. The topological polar surface area (TPSA) is 62.7 Å². The molecule has 0 aliphatic heterocycles. The number of aromatic nitrogens is 3. The number of pyridine rings is 1. The fourth-order valence-electron chi connectivity index (χ4n) is 3.24. The zero-order valence-electron chi connectivity index (χ0n) is 16.1. The van der Waals surface area contributed by atoms with E-state index in [-0.39, 0.29) is 5.56 Å². The van der Waals surface area contributed by atoms with Crippen LogP contribution >= 0.6 is 23.4 Å². The van der Waals surface area contributed by atoms with Gasteiger partial charge in [0.1, 0.15) is 10.5 Å². The summed E-state index contributed by atoms with van der Waals surface area (Å²) < 4.78 is 1.41. The second-order valence-electron chi connectivity index (χ2n) is 6.40.